The maximum absolute atomic E-state index is 11.8. The van der Waals surface area contributed by atoms with E-state index in [9.17, 15) is 4.79 Å². The molecule has 0 amide bonds. The lowest BCUT2D eigenvalue weighted by Gasteiger charge is -2.31. The molecule has 0 aliphatic carbocycles. The van der Waals surface area contributed by atoms with Crippen molar-refractivity contribution in [3.63, 3.8) is 0 Å². The van der Waals surface area contributed by atoms with E-state index >= 15 is 0 Å². The highest BCUT2D eigenvalue weighted by Gasteiger charge is 2.25. The van der Waals surface area contributed by atoms with Crippen LogP contribution in [0.4, 0.5) is 0 Å². The molecule has 0 unspecified atom stereocenters. The van der Waals surface area contributed by atoms with E-state index in [1.807, 2.05) is 6.07 Å². The molecule has 1 saturated heterocycles. The summed E-state index contributed by atoms with van der Waals surface area (Å²) in [4.78, 5) is 14.2. The number of likely N-dealkylation sites (tertiary alicyclic amines) is 1. The Morgan fingerprint density at radius 1 is 1.29 bits per heavy atom. The van der Waals surface area contributed by atoms with Gasteiger partial charge in [0.15, 0.2) is 0 Å². The van der Waals surface area contributed by atoms with E-state index in [0.29, 0.717) is 5.78 Å². The monoisotopic (exact) mass is 231 g/mol. The molecule has 0 spiro atoms. The molecule has 0 bridgehead atoms. The van der Waals surface area contributed by atoms with Crippen LogP contribution in [0.2, 0.25) is 0 Å². The van der Waals surface area contributed by atoms with Gasteiger partial charge in [0.25, 0.3) is 0 Å². The van der Waals surface area contributed by atoms with Gasteiger partial charge in [0.1, 0.15) is 5.78 Å². The topological polar surface area (TPSA) is 20.3 Å². The first kappa shape index (κ1) is 12.3. The lowest BCUT2D eigenvalue weighted by atomic mass is 9.92. The van der Waals surface area contributed by atoms with Crippen molar-refractivity contribution in [1.29, 1.82) is 0 Å². The molecule has 1 aromatic rings. The summed E-state index contributed by atoms with van der Waals surface area (Å²) in [5.74, 6) is 0.744. The SMILES string of the molecule is CCC[C@@H]1CN(Cc2ccccc2)CCC1=O. The van der Waals surface area contributed by atoms with Gasteiger partial charge < -0.3 is 0 Å². The number of carbonyl (C=O) groups is 1. The summed E-state index contributed by atoms with van der Waals surface area (Å²) in [6.45, 7) is 5.01. The molecule has 1 aliphatic heterocycles. The van der Waals surface area contributed by atoms with Gasteiger partial charge in [0.05, 0.1) is 0 Å². The van der Waals surface area contributed by atoms with Gasteiger partial charge in [-0.15, -0.1) is 0 Å². The zero-order valence-corrected chi connectivity index (χ0v) is 10.6. The van der Waals surface area contributed by atoms with Crippen LogP contribution >= 0.6 is 0 Å². The van der Waals surface area contributed by atoms with Gasteiger partial charge in [-0.3, -0.25) is 9.69 Å². The Bertz CT molecular complexity index is 360. The molecule has 2 rings (SSSR count). The van der Waals surface area contributed by atoms with Crippen LogP contribution in [0.5, 0.6) is 0 Å². The van der Waals surface area contributed by atoms with Gasteiger partial charge in [-0.05, 0) is 12.0 Å². The van der Waals surface area contributed by atoms with E-state index in [2.05, 4.69) is 36.1 Å². The Morgan fingerprint density at radius 3 is 2.76 bits per heavy atom. The predicted molar refractivity (Wildman–Crippen MR) is 69.7 cm³/mol. The van der Waals surface area contributed by atoms with Crippen LogP contribution in [0.3, 0.4) is 0 Å². The molecule has 2 heteroatoms. The summed E-state index contributed by atoms with van der Waals surface area (Å²) >= 11 is 0. The molecular formula is C15H21NO. The molecule has 1 heterocycles. The van der Waals surface area contributed by atoms with Gasteiger partial charge in [-0.1, -0.05) is 43.7 Å². The highest BCUT2D eigenvalue weighted by atomic mass is 16.1. The maximum Gasteiger partial charge on any atom is 0.138 e. The van der Waals surface area contributed by atoms with Crippen molar-refractivity contribution in [2.75, 3.05) is 13.1 Å². The number of hydrogen-bond donors (Lipinski definition) is 0. The molecule has 0 N–H and O–H groups in total. The van der Waals surface area contributed by atoms with Crippen molar-refractivity contribution >= 4 is 5.78 Å². The van der Waals surface area contributed by atoms with Crippen molar-refractivity contribution < 1.29 is 4.79 Å². The number of Topliss-reactive ketones (excluding diaryl/α,β-unsaturated/α-hetero) is 1. The normalized spacial score (nSPS) is 21.7. The van der Waals surface area contributed by atoms with E-state index in [1.54, 1.807) is 0 Å². The lowest BCUT2D eigenvalue weighted by molar-refractivity contribution is -0.126. The molecule has 1 aromatic carbocycles. The zero-order valence-electron chi connectivity index (χ0n) is 10.6. The molecule has 0 aromatic heterocycles. The number of piperidine rings is 1. The van der Waals surface area contributed by atoms with E-state index in [0.717, 1.165) is 38.9 Å². The van der Waals surface area contributed by atoms with Crippen LogP contribution in [-0.2, 0) is 11.3 Å². The van der Waals surface area contributed by atoms with E-state index < -0.39 is 0 Å². The largest absolute Gasteiger partial charge is 0.299 e. The van der Waals surface area contributed by atoms with Crippen molar-refractivity contribution in [3.8, 4) is 0 Å². The first-order chi connectivity index (χ1) is 8.29. The number of rotatable bonds is 4. The Hall–Kier alpha value is -1.15. The Balaban J connectivity index is 1.92. The van der Waals surface area contributed by atoms with Crippen molar-refractivity contribution in [2.45, 2.75) is 32.7 Å². The third-order valence-electron chi connectivity index (χ3n) is 3.49. The van der Waals surface area contributed by atoms with Crippen LogP contribution in [0.15, 0.2) is 30.3 Å². The minimum atomic E-state index is 0.275. The first-order valence-electron chi connectivity index (χ1n) is 6.58. The third kappa shape index (κ3) is 3.40. The van der Waals surface area contributed by atoms with Crippen molar-refractivity contribution in [1.82, 2.24) is 4.90 Å². The lowest BCUT2D eigenvalue weighted by Crippen LogP contribution is -2.40. The Kier molecular flexibility index (Phi) is 4.32. The molecule has 2 nitrogen and oxygen atoms in total. The van der Waals surface area contributed by atoms with Crippen molar-refractivity contribution in [3.05, 3.63) is 35.9 Å². The second-order valence-electron chi connectivity index (χ2n) is 4.92. The van der Waals surface area contributed by atoms with Crippen LogP contribution in [0.25, 0.3) is 0 Å². The van der Waals surface area contributed by atoms with Gasteiger partial charge in [-0.25, -0.2) is 0 Å². The van der Waals surface area contributed by atoms with Crippen molar-refractivity contribution in [2.24, 2.45) is 5.92 Å². The molecule has 0 saturated carbocycles. The number of carbonyl (C=O) groups excluding carboxylic acids is 1. The molecule has 1 fully saturated rings. The third-order valence-corrected chi connectivity index (χ3v) is 3.49. The van der Waals surface area contributed by atoms with Crippen LogP contribution < -0.4 is 0 Å². The second kappa shape index (κ2) is 5.97. The summed E-state index contributed by atoms with van der Waals surface area (Å²) < 4.78 is 0. The smallest absolute Gasteiger partial charge is 0.138 e. The van der Waals surface area contributed by atoms with Gasteiger partial charge in [0.2, 0.25) is 0 Å². The number of ketones is 1. The molecule has 1 atom stereocenters. The van der Waals surface area contributed by atoms with Crippen LogP contribution in [-0.4, -0.2) is 23.8 Å². The summed E-state index contributed by atoms with van der Waals surface area (Å²) in [6.07, 6.45) is 2.89. The van der Waals surface area contributed by atoms with Gasteiger partial charge in [-0.2, -0.15) is 0 Å². The average molecular weight is 231 g/mol. The fourth-order valence-corrected chi connectivity index (χ4v) is 2.56. The van der Waals surface area contributed by atoms with Crippen LogP contribution in [0, 0.1) is 5.92 Å². The quantitative estimate of drug-likeness (QED) is 0.794. The molecule has 17 heavy (non-hydrogen) atoms. The standard InChI is InChI=1S/C15H21NO/c1-2-6-14-12-16(10-9-15(14)17)11-13-7-4-3-5-8-13/h3-5,7-8,14H,2,6,9-12H2,1H3/t14-/m1/s1. The first-order valence-corrected chi connectivity index (χ1v) is 6.58. The summed E-state index contributed by atoms with van der Waals surface area (Å²) in [6, 6.07) is 10.5. The number of hydrogen-bond acceptors (Lipinski definition) is 2. The second-order valence-corrected chi connectivity index (χ2v) is 4.92. The van der Waals surface area contributed by atoms with Gasteiger partial charge in [0, 0.05) is 32.0 Å². The average Bonchev–Trinajstić information content (AvgIpc) is 2.35. The highest BCUT2D eigenvalue weighted by Crippen LogP contribution is 2.19. The highest BCUT2D eigenvalue weighted by molar-refractivity contribution is 5.82. The maximum atomic E-state index is 11.8. The predicted octanol–water partition coefficient (Wildman–Crippen LogP) is 2.88. The fourth-order valence-electron chi connectivity index (χ4n) is 2.56. The number of nitrogens with zero attached hydrogens (tertiary/aromatic N) is 1. The summed E-state index contributed by atoms with van der Waals surface area (Å²) in [5, 5.41) is 0. The summed E-state index contributed by atoms with van der Waals surface area (Å²) in [5.41, 5.74) is 1.34. The molecular weight excluding hydrogens is 210 g/mol. The van der Waals surface area contributed by atoms with Gasteiger partial charge >= 0.3 is 0 Å². The zero-order chi connectivity index (χ0) is 12.1. The van der Waals surface area contributed by atoms with E-state index in [4.69, 9.17) is 0 Å². The molecule has 1 aliphatic rings. The Labute approximate surface area is 104 Å². The Morgan fingerprint density at radius 2 is 2.06 bits per heavy atom. The van der Waals surface area contributed by atoms with Crippen LogP contribution in [0.1, 0.15) is 31.7 Å². The minimum absolute atomic E-state index is 0.275. The summed E-state index contributed by atoms with van der Waals surface area (Å²) in [7, 11) is 0. The molecule has 92 valence electrons. The van der Waals surface area contributed by atoms with E-state index in [-0.39, 0.29) is 5.92 Å². The van der Waals surface area contributed by atoms with E-state index in [1.165, 1.54) is 5.56 Å². The number of benzene rings is 1. The minimum Gasteiger partial charge on any atom is -0.299 e. The molecule has 0 radical (unpaired) electrons. The fraction of sp³-hybridized carbons (Fsp3) is 0.533.